The molecule has 0 saturated heterocycles. The largest absolute Gasteiger partial charge is 0.394 e. The van der Waals surface area contributed by atoms with Crippen LogP contribution in [0.1, 0.15) is 17.2 Å². The van der Waals surface area contributed by atoms with Gasteiger partial charge in [0.25, 0.3) is 0 Å². The molecule has 0 amide bonds. The molecule has 3 heteroatoms. The maximum atomic E-state index is 9.38. The van der Waals surface area contributed by atoms with Gasteiger partial charge in [0.15, 0.2) is 0 Å². The summed E-state index contributed by atoms with van der Waals surface area (Å²) in [7, 11) is 0. The van der Waals surface area contributed by atoms with Crippen molar-refractivity contribution in [3.8, 4) is 0 Å². The maximum Gasteiger partial charge on any atom is 0.0979 e. The highest BCUT2D eigenvalue weighted by Crippen LogP contribution is 2.18. The molecule has 0 aromatic heterocycles. The number of nitrogens with zero attached hydrogens (tertiary/aromatic N) is 1. The minimum atomic E-state index is -0.248. The number of aliphatic imine (C=N–C) groups is 1. The van der Waals surface area contributed by atoms with Crippen LogP contribution in [0.3, 0.4) is 0 Å². The lowest BCUT2D eigenvalue weighted by Gasteiger charge is -2.09. The third kappa shape index (κ3) is 3.19. The van der Waals surface area contributed by atoms with E-state index in [-0.39, 0.29) is 12.6 Å². The van der Waals surface area contributed by atoms with Gasteiger partial charge < -0.3 is 5.11 Å². The normalized spacial score (nSPS) is 12.8. The molecule has 2 rings (SSSR count). The van der Waals surface area contributed by atoms with E-state index in [4.69, 9.17) is 11.6 Å². The Morgan fingerprint density at radius 3 is 2.39 bits per heavy atom. The number of hydrogen-bond acceptors (Lipinski definition) is 2. The minimum absolute atomic E-state index is 0.0229. The van der Waals surface area contributed by atoms with Crippen LogP contribution in [0.5, 0.6) is 0 Å². The fourth-order valence-electron chi connectivity index (χ4n) is 1.66. The number of benzene rings is 2. The fourth-order valence-corrected chi connectivity index (χ4v) is 1.85. The first-order valence-corrected chi connectivity index (χ1v) is 6.12. The maximum absolute atomic E-state index is 9.38. The molecule has 1 N–H and O–H groups in total. The smallest absolute Gasteiger partial charge is 0.0979 e. The molecule has 0 radical (unpaired) electrons. The zero-order chi connectivity index (χ0) is 12.8. The average Bonchev–Trinajstić information content (AvgIpc) is 2.42. The van der Waals surface area contributed by atoms with Crippen LogP contribution in [0.15, 0.2) is 59.6 Å². The summed E-state index contributed by atoms with van der Waals surface area (Å²) in [6.45, 7) is -0.0229. The summed E-state index contributed by atoms with van der Waals surface area (Å²) < 4.78 is 0. The third-order valence-electron chi connectivity index (χ3n) is 2.66. The molecule has 0 aliphatic heterocycles. The van der Waals surface area contributed by atoms with Crippen molar-refractivity contribution in [1.82, 2.24) is 0 Å². The molecule has 0 aliphatic carbocycles. The molecule has 0 spiro atoms. The molecule has 2 nitrogen and oxygen atoms in total. The Morgan fingerprint density at radius 2 is 1.72 bits per heavy atom. The summed E-state index contributed by atoms with van der Waals surface area (Å²) >= 11 is 6.04. The van der Waals surface area contributed by atoms with Crippen molar-refractivity contribution >= 4 is 17.8 Å². The van der Waals surface area contributed by atoms with Gasteiger partial charge in [0, 0.05) is 16.8 Å². The van der Waals surface area contributed by atoms with E-state index in [9.17, 15) is 5.11 Å². The number of hydrogen-bond donors (Lipinski definition) is 1. The molecule has 2 aromatic rings. The SMILES string of the molecule is OC[C@@H](N=Cc1ccccc1Cl)c1ccccc1. The van der Waals surface area contributed by atoms with E-state index in [1.165, 1.54) is 0 Å². The van der Waals surface area contributed by atoms with Crippen molar-refractivity contribution in [2.24, 2.45) is 4.99 Å². The van der Waals surface area contributed by atoms with Crippen molar-refractivity contribution < 1.29 is 5.11 Å². The third-order valence-corrected chi connectivity index (χ3v) is 3.00. The highest BCUT2D eigenvalue weighted by molar-refractivity contribution is 6.33. The van der Waals surface area contributed by atoms with E-state index in [0.717, 1.165) is 11.1 Å². The summed E-state index contributed by atoms with van der Waals surface area (Å²) in [4.78, 5) is 4.38. The second-order valence-electron chi connectivity index (χ2n) is 3.91. The average molecular weight is 260 g/mol. The molecule has 0 bridgehead atoms. The van der Waals surface area contributed by atoms with Gasteiger partial charge >= 0.3 is 0 Å². The van der Waals surface area contributed by atoms with Crippen LogP contribution in [0.25, 0.3) is 0 Å². The molecule has 0 heterocycles. The summed E-state index contributed by atoms with van der Waals surface area (Å²) in [6.07, 6.45) is 1.70. The second kappa shape index (κ2) is 6.34. The van der Waals surface area contributed by atoms with E-state index >= 15 is 0 Å². The van der Waals surface area contributed by atoms with Crippen molar-refractivity contribution in [3.05, 3.63) is 70.7 Å². The molecule has 1 atom stereocenters. The first kappa shape index (κ1) is 12.8. The lowest BCUT2D eigenvalue weighted by atomic mass is 10.1. The molecular weight excluding hydrogens is 246 g/mol. The predicted molar refractivity (Wildman–Crippen MR) is 75.3 cm³/mol. The van der Waals surface area contributed by atoms with Gasteiger partial charge in [-0.3, -0.25) is 4.99 Å². The molecule has 0 unspecified atom stereocenters. The van der Waals surface area contributed by atoms with Gasteiger partial charge in [-0.15, -0.1) is 0 Å². The van der Waals surface area contributed by atoms with Gasteiger partial charge in [0.1, 0.15) is 0 Å². The van der Waals surface area contributed by atoms with Gasteiger partial charge in [-0.25, -0.2) is 0 Å². The first-order chi connectivity index (χ1) is 8.81. The van der Waals surface area contributed by atoms with Gasteiger partial charge in [-0.1, -0.05) is 60.1 Å². The Labute approximate surface area is 112 Å². The van der Waals surface area contributed by atoms with Gasteiger partial charge in [-0.2, -0.15) is 0 Å². The quantitative estimate of drug-likeness (QED) is 0.838. The Balaban J connectivity index is 2.19. The summed E-state index contributed by atoms with van der Waals surface area (Å²) in [6, 6.07) is 17.0. The summed E-state index contributed by atoms with van der Waals surface area (Å²) in [5, 5.41) is 10.0. The van der Waals surface area contributed by atoms with Gasteiger partial charge in [0.2, 0.25) is 0 Å². The number of aliphatic hydroxyl groups excluding tert-OH is 1. The fraction of sp³-hybridized carbons (Fsp3) is 0.133. The van der Waals surface area contributed by atoms with Crippen LogP contribution in [0.4, 0.5) is 0 Å². The zero-order valence-electron chi connectivity index (χ0n) is 9.83. The number of aliphatic hydroxyl groups is 1. The predicted octanol–water partition coefficient (Wildman–Crippen LogP) is 3.49. The van der Waals surface area contributed by atoms with Crippen LogP contribution >= 0.6 is 11.6 Å². The molecule has 0 saturated carbocycles. The molecule has 2 aromatic carbocycles. The van der Waals surface area contributed by atoms with E-state index in [0.29, 0.717) is 5.02 Å². The van der Waals surface area contributed by atoms with Crippen LogP contribution in [0.2, 0.25) is 5.02 Å². The van der Waals surface area contributed by atoms with E-state index in [1.54, 1.807) is 6.21 Å². The molecule has 18 heavy (non-hydrogen) atoms. The molecule has 0 aliphatic rings. The minimum Gasteiger partial charge on any atom is -0.394 e. The van der Waals surface area contributed by atoms with Crippen LogP contribution < -0.4 is 0 Å². The standard InChI is InChI=1S/C15H14ClNO/c16-14-9-5-4-8-13(14)10-17-15(11-18)12-6-2-1-3-7-12/h1-10,15,18H,11H2/t15-/m1/s1. The highest BCUT2D eigenvalue weighted by Gasteiger charge is 2.06. The molecule has 0 fully saturated rings. The zero-order valence-corrected chi connectivity index (χ0v) is 10.6. The van der Waals surface area contributed by atoms with Crippen LogP contribution in [-0.4, -0.2) is 17.9 Å². The summed E-state index contributed by atoms with van der Waals surface area (Å²) in [5.74, 6) is 0. The second-order valence-corrected chi connectivity index (χ2v) is 4.32. The first-order valence-electron chi connectivity index (χ1n) is 5.75. The van der Waals surface area contributed by atoms with Crippen LogP contribution in [0, 0.1) is 0 Å². The van der Waals surface area contributed by atoms with Crippen molar-refractivity contribution in [1.29, 1.82) is 0 Å². The van der Waals surface area contributed by atoms with Crippen LogP contribution in [-0.2, 0) is 0 Å². The van der Waals surface area contributed by atoms with E-state index in [2.05, 4.69) is 4.99 Å². The lowest BCUT2D eigenvalue weighted by molar-refractivity contribution is 0.269. The monoisotopic (exact) mass is 259 g/mol. The summed E-state index contributed by atoms with van der Waals surface area (Å²) in [5.41, 5.74) is 1.84. The Kier molecular flexibility index (Phi) is 4.51. The lowest BCUT2D eigenvalue weighted by Crippen LogP contribution is -2.01. The number of rotatable bonds is 4. The van der Waals surface area contributed by atoms with Crippen molar-refractivity contribution in [3.63, 3.8) is 0 Å². The van der Waals surface area contributed by atoms with Crippen molar-refractivity contribution in [2.75, 3.05) is 6.61 Å². The van der Waals surface area contributed by atoms with E-state index in [1.807, 2.05) is 54.6 Å². The molecule has 92 valence electrons. The topological polar surface area (TPSA) is 32.6 Å². The number of halogens is 1. The van der Waals surface area contributed by atoms with E-state index < -0.39 is 0 Å². The van der Waals surface area contributed by atoms with Gasteiger partial charge in [-0.05, 0) is 11.6 Å². The molecular formula is C15H14ClNO. The Hall–Kier alpha value is -1.64. The Morgan fingerprint density at radius 1 is 1.06 bits per heavy atom. The van der Waals surface area contributed by atoms with Crippen molar-refractivity contribution in [2.45, 2.75) is 6.04 Å². The van der Waals surface area contributed by atoms with Gasteiger partial charge in [0.05, 0.1) is 12.6 Å². The highest BCUT2D eigenvalue weighted by atomic mass is 35.5. The Bertz CT molecular complexity index is 525.